The Morgan fingerprint density at radius 1 is 0.909 bits per heavy atom. The van der Waals surface area contributed by atoms with Gasteiger partial charge in [-0.05, 0) is 55.3 Å². The van der Waals surface area contributed by atoms with Crippen LogP contribution in [0.15, 0.2) is 66.7 Å². The van der Waals surface area contributed by atoms with Gasteiger partial charge in [0.15, 0.2) is 0 Å². The summed E-state index contributed by atoms with van der Waals surface area (Å²) in [5.74, 6) is -1.06. The Balaban J connectivity index is 1.52. The Kier molecular flexibility index (Phi) is 7.64. The summed E-state index contributed by atoms with van der Waals surface area (Å²) in [6.07, 6.45) is 0. The zero-order valence-electron chi connectivity index (χ0n) is 18.5. The minimum atomic E-state index is -0.582. The molecule has 3 rings (SSSR count). The van der Waals surface area contributed by atoms with Crippen molar-refractivity contribution < 1.29 is 19.1 Å². The average molecular weight is 447 g/mol. The van der Waals surface area contributed by atoms with E-state index >= 15 is 0 Å². The highest BCUT2D eigenvalue weighted by atomic mass is 16.5. The smallest absolute Gasteiger partial charge is 0.269 e. The molecule has 3 aromatic rings. The van der Waals surface area contributed by atoms with E-state index in [0.29, 0.717) is 16.9 Å². The second kappa shape index (κ2) is 10.8. The van der Waals surface area contributed by atoms with Crippen molar-refractivity contribution in [3.05, 3.63) is 94.5 Å². The first-order valence-electron chi connectivity index (χ1n) is 10.3. The lowest BCUT2D eigenvalue weighted by molar-refractivity contribution is -0.120. The first kappa shape index (κ1) is 23.3. The van der Waals surface area contributed by atoms with Crippen LogP contribution in [0.3, 0.4) is 0 Å². The lowest BCUT2D eigenvalue weighted by atomic mass is 10.1. The molecule has 0 saturated heterocycles. The predicted molar refractivity (Wildman–Crippen MR) is 126 cm³/mol. The number of para-hydroxylation sites is 1. The second-order valence-corrected chi connectivity index (χ2v) is 7.52. The van der Waals surface area contributed by atoms with E-state index in [1.807, 2.05) is 32.0 Å². The molecule has 0 saturated carbocycles. The number of aryl methyl sites for hydroxylation is 2. The summed E-state index contributed by atoms with van der Waals surface area (Å²) in [4.78, 5) is 36.0. The molecular formula is C25H26N4O4. The molecule has 0 aliphatic heterocycles. The Morgan fingerprint density at radius 2 is 1.70 bits per heavy atom. The number of amides is 3. The highest BCUT2D eigenvalue weighted by Gasteiger charge is 2.11. The van der Waals surface area contributed by atoms with Crippen LogP contribution < -0.4 is 26.6 Å². The van der Waals surface area contributed by atoms with E-state index in [9.17, 15) is 14.4 Å². The van der Waals surface area contributed by atoms with Crippen LogP contribution in [0.25, 0.3) is 0 Å². The van der Waals surface area contributed by atoms with Crippen molar-refractivity contribution in [1.29, 1.82) is 0 Å². The molecule has 0 bridgehead atoms. The van der Waals surface area contributed by atoms with Crippen molar-refractivity contribution in [1.82, 2.24) is 10.9 Å². The highest BCUT2D eigenvalue weighted by molar-refractivity contribution is 5.96. The number of ether oxygens (including phenoxy) is 1. The maximum Gasteiger partial charge on any atom is 0.269 e. The van der Waals surface area contributed by atoms with Gasteiger partial charge >= 0.3 is 0 Å². The fourth-order valence-corrected chi connectivity index (χ4v) is 3.19. The van der Waals surface area contributed by atoms with Gasteiger partial charge in [0.2, 0.25) is 0 Å². The maximum atomic E-state index is 12.4. The molecule has 0 radical (unpaired) electrons. The molecule has 0 fully saturated rings. The molecule has 0 aliphatic rings. The minimum Gasteiger partial charge on any atom is -0.488 e. The maximum absolute atomic E-state index is 12.4. The molecule has 0 heterocycles. The average Bonchev–Trinajstić information content (AvgIpc) is 2.81. The minimum absolute atomic E-state index is 0.0112. The number of hydrogen-bond donors (Lipinski definition) is 4. The van der Waals surface area contributed by atoms with Crippen LogP contribution in [0, 0.1) is 13.8 Å². The monoisotopic (exact) mass is 446 g/mol. The topological polar surface area (TPSA) is 123 Å². The molecule has 170 valence electrons. The molecule has 3 amide bonds. The van der Waals surface area contributed by atoms with Crippen LogP contribution in [-0.2, 0) is 11.4 Å². The number of nitrogens with one attached hydrogen (secondary N) is 3. The van der Waals surface area contributed by atoms with Crippen LogP contribution in [0.5, 0.6) is 5.75 Å². The van der Waals surface area contributed by atoms with Crippen molar-refractivity contribution >= 4 is 23.4 Å². The van der Waals surface area contributed by atoms with Gasteiger partial charge in [0.1, 0.15) is 12.4 Å². The summed E-state index contributed by atoms with van der Waals surface area (Å²) in [5.41, 5.74) is 14.5. The van der Waals surface area contributed by atoms with E-state index in [1.54, 1.807) is 48.5 Å². The fraction of sp³-hybridized carbons (Fsp3) is 0.160. The van der Waals surface area contributed by atoms with Gasteiger partial charge in [0.25, 0.3) is 17.7 Å². The number of carbonyl (C=O) groups excluding carboxylic acids is 3. The largest absolute Gasteiger partial charge is 0.488 e. The number of hydrogen-bond acceptors (Lipinski definition) is 5. The molecule has 5 N–H and O–H groups in total. The van der Waals surface area contributed by atoms with E-state index in [2.05, 4.69) is 16.2 Å². The molecule has 8 heteroatoms. The first-order valence-corrected chi connectivity index (χ1v) is 10.3. The van der Waals surface area contributed by atoms with E-state index in [4.69, 9.17) is 10.5 Å². The van der Waals surface area contributed by atoms with E-state index in [-0.39, 0.29) is 24.6 Å². The van der Waals surface area contributed by atoms with Gasteiger partial charge < -0.3 is 15.8 Å². The zero-order chi connectivity index (χ0) is 23.8. The van der Waals surface area contributed by atoms with Crippen LogP contribution in [0.4, 0.5) is 5.69 Å². The molecule has 33 heavy (non-hydrogen) atoms. The van der Waals surface area contributed by atoms with Gasteiger partial charge in [-0.2, -0.15) is 0 Å². The zero-order valence-corrected chi connectivity index (χ0v) is 18.5. The van der Waals surface area contributed by atoms with Crippen molar-refractivity contribution in [3.8, 4) is 5.75 Å². The number of benzene rings is 3. The predicted octanol–water partition coefficient (Wildman–Crippen LogP) is 2.85. The van der Waals surface area contributed by atoms with Gasteiger partial charge in [-0.15, -0.1) is 0 Å². The van der Waals surface area contributed by atoms with E-state index < -0.39 is 11.8 Å². The lowest BCUT2D eigenvalue weighted by Crippen LogP contribution is -2.44. The summed E-state index contributed by atoms with van der Waals surface area (Å²) in [6.45, 7) is 4.10. The Labute approximate surface area is 192 Å². The van der Waals surface area contributed by atoms with Crippen molar-refractivity contribution in [2.45, 2.75) is 20.5 Å². The van der Waals surface area contributed by atoms with Crippen LogP contribution in [-0.4, -0.2) is 24.3 Å². The molecular weight excluding hydrogens is 420 g/mol. The summed E-state index contributed by atoms with van der Waals surface area (Å²) >= 11 is 0. The van der Waals surface area contributed by atoms with Crippen molar-refractivity contribution in [2.24, 2.45) is 5.73 Å². The van der Waals surface area contributed by atoms with Crippen molar-refractivity contribution in [2.75, 3.05) is 11.9 Å². The van der Waals surface area contributed by atoms with E-state index in [1.165, 1.54) is 0 Å². The normalized spacial score (nSPS) is 10.2. The molecule has 0 aromatic heterocycles. The molecule has 0 unspecified atom stereocenters. The fourth-order valence-electron chi connectivity index (χ4n) is 3.19. The SMILES string of the molecule is Cc1ccc(NCC(=O)NNC(=O)c2cccc(COc3ccccc3C(N)=O)c2)c(C)c1. The molecule has 8 nitrogen and oxygen atoms in total. The number of nitrogens with two attached hydrogens (primary N) is 1. The van der Waals surface area contributed by atoms with Crippen LogP contribution in [0.1, 0.15) is 37.4 Å². The van der Waals surface area contributed by atoms with Gasteiger partial charge in [0, 0.05) is 11.3 Å². The number of carbonyl (C=O) groups is 3. The third kappa shape index (κ3) is 6.57. The Hall–Kier alpha value is -4.33. The standard InChI is InChI=1S/C25H26N4O4/c1-16-10-11-21(17(2)12-16)27-14-23(30)28-29-25(32)19-7-5-6-18(13-19)15-33-22-9-4-3-8-20(22)24(26)31/h3-13,27H,14-15H2,1-2H3,(H2,26,31)(H,28,30)(H,29,32). The molecule has 0 spiro atoms. The lowest BCUT2D eigenvalue weighted by Gasteiger charge is -2.12. The number of anilines is 1. The molecule has 3 aromatic carbocycles. The Bertz CT molecular complexity index is 1180. The summed E-state index contributed by atoms with van der Waals surface area (Å²) in [7, 11) is 0. The third-order valence-corrected chi connectivity index (χ3v) is 4.87. The molecule has 0 atom stereocenters. The quantitative estimate of drug-likeness (QED) is 0.396. The van der Waals surface area contributed by atoms with E-state index in [0.717, 1.165) is 16.8 Å². The number of hydrazine groups is 1. The highest BCUT2D eigenvalue weighted by Crippen LogP contribution is 2.19. The summed E-state index contributed by atoms with van der Waals surface area (Å²) in [5, 5.41) is 3.04. The van der Waals surface area contributed by atoms with Crippen LogP contribution >= 0.6 is 0 Å². The number of rotatable bonds is 8. The third-order valence-electron chi connectivity index (χ3n) is 4.87. The van der Waals surface area contributed by atoms with Crippen molar-refractivity contribution in [3.63, 3.8) is 0 Å². The second-order valence-electron chi connectivity index (χ2n) is 7.52. The van der Waals surface area contributed by atoms with Gasteiger partial charge in [-0.25, -0.2) is 0 Å². The van der Waals surface area contributed by atoms with Crippen LogP contribution in [0.2, 0.25) is 0 Å². The first-order chi connectivity index (χ1) is 15.8. The Morgan fingerprint density at radius 3 is 2.45 bits per heavy atom. The number of primary amides is 1. The molecule has 0 aliphatic carbocycles. The summed E-state index contributed by atoms with van der Waals surface area (Å²) < 4.78 is 5.70. The van der Waals surface area contributed by atoms with Gasteiger partial charge in [-0.3, -0.25) is 25.2 Å². The summed E-state index contributed by atoms with van der Waals surface area (Å²) in [6, 6.07) is 19.3. The van der Waals surface area contributed by atoms with Gasteiger partial charge in [-0.1, -0.05) is 42.0 Å². The van der Waals surface area contributed by atoms with Gasteiger partial charge in [0.05, 0.1) is 12.1 Å².